The Balaban J connectivity index is 1.84. The first-order chi connectivity index (χ1) is 9.97. The summed E-state index contributed by atoms with van der Waals surface area (Å²) >= 11 is 0. The second-order valence-electron chi connectivity index (χ2n) is 6.89. The maximum atomic E-state index is 12.3. The highest BCUT2D eigenvalue weighted by molar-refractivity contribution is 5.79. The Kier molecular flexibility index (Phi) is 5.62. The summed E-state index contributed by atoms with van der Waals surface area (Å²) in [7, 11) is 0. The van der Waals surface area contributed by atoms with Crippen LogP contribution < -0.4 is 11.1 Å². The molecule has 2 fully saturated rings. The molecule has 0 bridgehead atoms. The lowest BCUT2D eigenvalue weighted by Gasteiger charge is -2.37. The van der Waals surface area contributed by atoms with E-state index in [1.807, 2.05) is 0 Å². The number of carbonyl (C=O) groups excluding carboxylic acids is 2. The van der Waals surface area contributed by atoms with E-state index < -0.39 is 0 Å². The van der Waals surface area contributed by atoms with E-state index in [1.54, 1.807) is 0 Å². The molecule has 0 aromatic rings. The van der Waals surface area contributed by atoms with E-state index in [0.717, 1.165) is 19.3 Å². The van der Waals surface area contributed by atoms with Crippen molar-refractivity contribution < 1.29 is 9.59 Å². The van der Waals surface area contributed by atoms with Crippen molar-refractivity contribution in [1.29, 1.82) is 0 Å². The fourth-order valence-electron chi connectivity index (χ4n) is 3.60. The quantitative estimate of drug-likeness (QED) is 0.820. The second-order valence-corrected chi connectivity index (χ2v) is 6.89. The van der Waals surface area contributed by atoms with Crippen LogP contribution in [0.3, 0.4) is 0 Å². The van der Waals surface area contributed by atoms with Gasteiger partial charge in [0.2, 0.25) is 11.8 Å². The van der Waals surface area contributed by atoms with Gasteiger partial charge in [0, 0.05) is 18.6 Å². The van der Waals surface area contributed by atoms with Gasteiger partial charge in [-0.05, 0) is 38.5 Å². The number of hydrogen-bond acceptors (Lipinski definition) is 3. The SMILES string of the molecule is C[C@@H]1CCCC[C@@H]1NC(=O)CN1C[C@H](C(N)=O)CC[C@H]1C. The molecule has 2 rings (SSSR count). The lowest BCUT2D eigenvalue weighted by Crippen LogP contribution is -2.51. The Hall–Kier alpha value is -1.10. The van der Waals surface area contributed by atoms with Gasteiger partial charge in [0.05, 0.1) is 12.5 Å². The van der Waals surface area contributed by atoms with Gasteiger partial charge in [0.15, 0.2) is 0 Å². The van der Waals surface area contributed by atoms with E-state index >= 15 is 0 Å². The monoisotopic (exact) mass is 295 g/mol. The second kappa shape index (κ2) is 7.25. The van der Waals surface area contributed by atoms with Crippen molar-refractivity contribution in [3.05, 3.63) is 0 Å². The minimum Gasteiger partial charge on any atom is -0.369 e. The molecule has 2 amide bonds. The number of nitrogens with two attached hydrogens (primary N) is 1. The van der Waals surface area contributed by atoms with Gasteiger partial charge in [-0.15, -0.1) is 0 Å². The highest BCUT2D eigenvalue weighted by Crippen LogP contribution is 2.24. The minimum absolute atomic E-state index is 0.0886. The van der Waals surface area contributed by atoms with Crippen molar-refractivity contribution in [1.82, 2.24) is 10.2 Å². The zero-order valence-corrected chi connectivity index (χ0v) is 13.3. The van der Waals surface area contributed by atoms with Crippen molar-refractivity contribution in [3.8, 4) is 0 Å². The predicted molar refractivity (Wildman–Crippen MR) is 82.5 cm³/mol. The van der Waals surface area contributed by atoms with Gasteiger partial charge in [-0.1, -0.05) is 19.8 Å². The molecule has 2 aliphatic rings. The molecule has 1 heterocycles. The Labute approximate surface area is 127 Å². The lowest BCUT2D eigenvalue weighted by atomic mass is 9.86. The topological polar surface area (TPSA) is 75.4 Å². The molecule has 3 N–H and O–H groups in total. The predicted octanol–water partition coefficient (Wildman–Crippen LogP) is 1.27. The number of carbonyl (C=O) groups is 2. The fourth-order valence-corrected chi connectivity index (χ4v) is 3.60. The van der Waals surface area contributed by atoms with E-state index in [1.165, 1.54) is 19.3 Å². The van der Waals surface area contributed by atoms with Gasteiger partial charge in [-0.3, -0.25) is 14.5 Å². The van der Waals surface area contributed by atoms with Gasteiger partial charge < -0.3 is 11.1 Å². The number of rotatable bonds is 4. The van der Waals surface area contributed by atoms with Crippen molar-refractivity contribution in [2.45, 2.75) is 64.5 Å². The minimum atomic E-state index is -0.242. The molecule has 0 spiro atoms. The summed E-state index contributed by atoms with van der Waals surface area (Å²) in [6.07, 6.45) is 6.55. The summed E-state index contributed by atoms with van der Waals surface area (Å²) in [5.41, 5.74) is 5.41. The van der Waals surface area contributed by atoms with E-state index in [4.69, 9.17) is 5.73 Å². The van der Waals surface area contributed by atoms with Crippen LogP contribution in [-0.2, 0) is 9.59 Å². The van der Waals surface area contributed by atoms with Crippen LogP contribution in [-0.4, -0.2) is 41.9 Å². The van der Waals surface area contributed by atoms with Crippen LogP contribution in [0.5, 0.6) is 0 Å². The zero-order valence-electron chi connectivity index (χ0n) is 13.3. The third-order valence-corrected chi connectivity index (χ3v) is 5.22. The summed E-state index contributed by atoms with van der Waals surface area (Å²) in [6, 6.07) is 0.661. The van der Waals surface area contributed by atoms with Gasteiger partial charge in [-0.25, -0.2) is 0 Å². The van der Waals surface area contributed by atoms with Crippen molar-refractivity contribution in [2.75, 3.05) is 13.1 Å². The number of nitrogens with zero attached hydrogens (tertiary/aromatic N) is 1. The Morgan fingerprint density at radius 3 is 2.52 bits per heavy atom. The van der Waals surface area contributed by atoms with Crippen molar-refractivity contribution in [3.63, 3.8) is 0 Å². The molecule has 0 aromatic carbocycles. The molecule has 5 heteroatoms. The molecule has 0 radical (unpaired) electrons. The summed E-state index contributed by atoms with van der Waals surface area (Å²) in [4.78, 5) is 25.7. The number of piperidine rings is 1. The molecule has 1 saturated heterocycles. The molecule has 1 saturated carbocycles. The summed E-state index contributed by atoms with van der Waals surface area (Å²) in [5, 5.41) is 3.18. The normalized spacial score (nSPS) is 34.4. The van der Waals surface area contributed by atoms with Gasteiger partial charge >= 0.3 is 0 Å². The molecule has 1 aliphatic carbocycles. The molecule has 1 aliphatic heterocycles. The van der Waals surface area contributed by atoms with Crippen LogP contribution in [0.2, 0.25) is 0 Å². The Bertz CT molecular complexity index is 386. The average Bonchev–Trinajstić information content (AvgIpc) is 2.43. The number of amides is 2. The third kappa shape index (κ3) is 4.43. The number of hydrogen-bond donors (Lipinski definition) is 2. The number of likely N-dealkylation sites (tertiary alicyclic amines) is 1. The van der Waals surface area contributed by atoms with E-state index in [0.29, 0.717) is 31.1 Å². The first kappa shape index (κ1) is 16.3. The number of nitrogens with one attached hydrogen (secondary N) is 1. The maximum Gasteiger partial charge on any atom is 0.234 e. The molecule has 120 valence electrons. The van der Waals surface area contributed by atoms with E-state index in [2.05, 4.69) is 24.1 Å². The van der Waals surface area contributed by atoms with Gasteiger partial charge in [-0.2, -0.15) is 0 Å². The Morgan fingerprint density at radius 1 is 1.14 bits per heavy atom. The van der Waals surface area contributed by atoms with Gasteiger partial charge in [0.25, 0.3) is 0 Å². The van der Waals surface area contributed by atoms with Crippen LogP contribution in [0, 0.1) is 11.8 Å². The van der Waals surface area contributed by atoms with Crippen LogP contribution in [0.4, 0.5) is 0 Å². The van der Waals surface area contributed by atoms with E-state index in [-0.39, 0.29) is 17.7 Å². The average molecular weight is 295 g/mol. The maximum absolute atomic E-state index is 12.3. The smallest absolute Gasteiger partial charge is 0.234 e. The zero-order chi connectivity index (χ0) is 15.4. The van der Waals surface area contributed by atoms with Crippen molar-refractivity contribution in [2.24, 2.45) is 17.6 Å². The highest BCUT2D eigenvalue weighted by atomic mass is 16.2. The molecule has 4 atom stereocenters. The summed E-state index contributed by atoms with van der Waals surface area (Å²) in [5.74, 6) is 0.307. The van der Waals surface area contributed by atoms with Crippen molar-refractivity contribution >= 4 is 11.8 Å². The molecular weight excluding hydrogens is 266 g/mol. The highest BCUT2D eigenvalue weighted by Gasteiger charge is 2.30. The first-order valence-corrected chi connectivity index (χ1v) is 8.30. The first-order valence-electron chi connectivity index (χ1n) is 8.30. The van der Waals surface area contributed by atoms with E-state index in [9.17, 15) is 9.59 Å². The van der Waals surface area contributed by atoms with Crippen LogP contribution in [0.25, 0.3) is 0 Å². The van der Waals surface area contributed by atoms with Gasteiger partial charge in [0.1, 0.15) is 0 Å². The summed E-state index contributed by atoms with van der Waals surface area (Å²) in [6.45, 7) is 5.34. The molecule has 5 nitrogen and oxygen atoms in total. The van der Waals surface area contributed by atoms with Crippen LogP contribution >= 0.6 is 0 Å². The summed E-state index contributed by atoms with van der Waals surface area (Å²) < 4.78 is 0. The van der Waals surface area contributed by atoms with Crippen LogP contribution in [0.1, 0.15) is 52.4 Å². The molecule has 0 aromatic heterocycles. The Morgan fingerprint density at radius 2 is 1.86 bits per heavy atom. The third-order valence-electron chi connectivity index (χ3n) is 5.22. The number of primary amides is 1. The molecular formula is C16H29N3O2. The molecule has 21 heavy (non-hydrogen) atoms. The largest absolute Gasteiger partial charge is 0.369 e. The fraction of sp³-hybridized carbons (Fsp3) is 0.875. The lowest BCUT2D eigenvalue weighted by molar-refractivity contribution is -0.128. The molecule has 0 unspecified atom stereocenters. The van der Waals surface area contributed by atoms with Crippen LogP contribution in [0.15, 0.2) is 0 Å². The standard InChI is InChI=1S/C16H29N3O2/c1-11-5-3-4-6-14(11)18-15(20)10-19-9-13(16(17)21)8-7-12(19)2/h11-14H,3-10H2,1-2H3,(H2,17,21)(H,18,20)/t11-,12-,13-,14+/m1/s1.